The topological polar surface area (TPSA) is 25.2 Å². The van der Waals surface area contributed by atoms with Crippen molar-refractivity contribution in [2.24, 2.45) is 0 Å². The fourth-order valence-electron chi connectivity index (χ4n) is 1.74. The lowest BCUT2D eigenvalue weighted by Gasteiger charge is -2.13. The average molecular weight is 250 g/mol. The monoisotopic (exact) mass is 249 g/mol. The highest BCUT2D eigenvalue weighted by molar-refractivity contribution is 6.30. The smallest absolute Gasteiger partial charge is 0.105 e. The molecule has 1 aromatic heterocycles. The second kappa shape index (κ2) is 5.89. The fraction of sp³-hybridized carbons (Fsp3) is 0.286. The van der Waals surface area contributed by atoms with Crippen LogP contribution in [0.15, 0.2) is 47.1 Å². The summed E-state index contributed by atoms with van der Waals surface area (Å²) in [5.41, 5.74) is 1.24. The second-order valence-corrected chi connectivity index (χ2v) is 4.49. The quantitative estimate of drug-likeness (QED) is 0.871. The van der Waals surface area contributed by atoms with Crippen molar-refractivity contribution in [3.8, 4) is 0 Å². The first-order valence-corrected chi connectivity index (χ1v) is 6.15. The van der Waals surface area contributed by atoms with Crippen molar-refractivity contribution < 1.29 is 4.42 Å². The van der Waals surface area contributed by atoms with Gasteiger partial charge in [0.25, 0.3) is 0 Å². The first kappa shape index (κ1) is 12.2. The fourth-order valence-corrected chi connectivity index (χ4v) is 1.86. The molecular weight excluding hydrogens is 234 g/mol. The Balaban J connectivity index is 1.81. The van der Waals surface area contributed by atoms with Gasteiger partial charge in [-0.3, -0.25) is 0 Å². The molecule has 0 aliphatic carbocycles. The van der Waals surface area contributed by atoms with Crippen LogP contribution in [0.4, 0.5) is 0 Å². The maximum atomic E-state index is 5.86. The van der Waals surface area contributed by atoms with E-state index in [2.05, 4.69) is 12.2 Å². The van der Waals surface area contributed by atoms with E-state index in [1.54, 1.807) is 6.26 Å². The van der Waals surface area contributed by atoms with E-state index in [9.17, 15) is 0 Å². The van der Waals surface area contributed by atoms with Gasteiger partial charge in [0.1, 0.15) is 5.76 Å². The summed E-state index contributed by atoms with van der Waals surface area (Å²) in [6, 6.07) is 12.2. The van der Waals surface area contributed by atoms with Crippen LogP contribution >= 0.6 is 11.6 Å². The Morgan fingerprint density at radius 3 is 2.65 bits per heavy atom. The third-order valence-electron chi connectivity index (χ3n) is 2.77. The van der Waals surface area contributed by atoms with Crippen molar-refractivity contribution in [1.82, 2.24) is 5.32 Å². The Labute approximate surface area is 107 Å². The molecule has 1 heterocycles. The van der Waals surface area contributed by atoms with E-state index in [-0.39, 0.29) is 0 Å². The summed E-state index contributed by atoms with van der Waals surface area (Å²) >= 11 is 5.86. The molecule has 90 valence electrons. The number of halogens is 1. The molecule has 0 bridgehead atoms. The van der Waals surface area contributed by atoms with E-state index in [1.165, 1.54) is 5.56 Å². The van der Waals surface area contributed by atoms with Crippen molar-refractivity contribution in [3.05, 3.63) is 59.0 Å². The minimum atomic E-state index is 0.322. The Kier molecular flexibility index (Phi) is 4.24. The number of furan rings is 1. The minimum Gasteiger partial charge on any atom is -0.469 e. The minimum absolute atomic E-state index is 0.322. The maximum absolute atomic E-state index is 5.86. The van der Waals surface area contributed by atoms with E-state index < -0.39 is 0 Å². The Morgan fingerprint density at radius 2 is 2.00 bits per heavy atom. The van der Waals surface area contributed by atoms with Gasteiger partial charge in [-0.2, -0.15) is 0 Å². The number of nitrogens with one attached hydrogen (secondary N) is 1. The summed E-state index contributed by atoms with van der Waals surface area (Å²) in [5.74, 6) is 1.01. The molecule has 2 aromatic rings. The highest BCUT2D eigenvalue weighted by Crippen LogP contribution is 2.15. The van der Waals surface area contributed by atoms with Crippen LogP contribution in [-0.4, -0.2) is 6.54 Å². The average Bonchev–Trinajstić information content (AvgIpc) is 2.83. The van der Waals surface area contributed by atoms with Crippen LogP contribution in [0.2, 0.25) is 5.02 Å². The molecule has 0 aliphatic heterocycles. The van der Waals surface area contributed by atoms with Crippen molar-refractivity contribution >= 4 is 11.6 Å². The lowest BCUT2D eigenvalue weighted by Crippen LogP contribution is -2.21. The SMILES string of the molecule is CC(NCCc1ccco1)c1ccc(Cl)cc1. The first-order chi connectivity index (χ1) is 8.25. The van der Waals surface area contributed by atoms with Gasteiger partial charge in [0.2, 0.25) is 0 Å². The zero-order chi connectivity index (χ0) is 12.1. The number of hydrogen-bond acceptors (Lipinski definition) is 2. The standard InChI is InChI=1S/C14H16ClNO/c1-11(12-4-6-13(15)7-5-12)16-9-8-14-3-2-10-17-14/h2-7,10-11,16H,8-9H2,1H3. The highest BCUT2D eigenvalue weighted by Gasteiger charge is 2.04. The van der Waals surface area contributed by atoms with Crippen LogP contribution in [0, 0.1) is 0 Å². The van der Waals surface area contributed by atoms with Gasteiger partial charge in [0.05, 0.1) is 6.26 Å². The first-order valence-electron chi connectivity index (χ1n) is 5.77. The molecule has 1 aromatic carbocycles. The van der Waals surface area contributed by atoms with Gasteiger partial charge in [-0.25, -0.2) is 0 Å². The summed E-state index contributed by atoms with van der Waals surface area (Å²) in [5, 5.41) is 4.23. The zero-order valence-electron chi connectivity index (χ0n) is 9.82. The summed E-state index contributed by atoms with van der Waals surface area (Å²) in [7, 11) is 0. The van der Waals surface area contributed by atoms with Gasteiger partial charge in [-0.05, 0) is 36.8 Å². The molecule has 0 amide bonds. The van der Waals surface area contributed by atoms with Crippen molar-refractivity contribution in [2.75, 3.05) is 6.54 Å². The molecule has 2 rings (SSSR count). The molecule has 0 aliphatic rings. The van der Waals surface area contributed by atoms with Crippen LogP contribution in [0.1, 0.15) is 24.3 Å². The molecule has 2 nitrogen and oxygen atoms in total. The Hall–Kier alpha value is -1.25. The molecular formula is C14H16ClNO. The van der Waals surface area contributed by atoms with Gasteiger partial charge >= 0.3 is 0 Å². The Morgan fingerprint density at radius 1 is 1.24 bits per heavy atom. The van der Waals surface area contributed by atoms with Gasteiger partial charge in [0, 0.05) is 24.0 Å². The molecule has 17 heavy (non-hydrogen) atoms. The molecule has 0 saturated heterocycles. The van der Waals surface area contributed by atoms with E-state index in [1.807, 2.05) is 36.4 Å². The summed E-state index contributed by atoms with van der Waals surface area (Å²) in [6.45, 7) is 3.04. The molecule has 3 heteroatoms. The van der Waals surface area contributed by atoms with Crippen LogP contribution in [-0.2, 0) is 6.42 Å². The molecule has 0 spiro atoms. The van der Waals surface area contributed by atoms with Crippen molar-refractivity contribution in [2.45, 2.75) is 19.4 Å². The van der Waals surface area contributed by atoms with Crippen molar-refractivity contribution in [1.29, 1.82) is 0 Å². The van der Waals surface area contributed by atoms with Gasteiger partial charge in [-0.15, -0.1) is 0 Å². The van der Waals surface area contributed by atoms with Gasteiger partial charge in [-0.1, -0.05) is 23.7 Å². The third-order valence-corrected chi connectivity index (χ3v) is 3.02. The molecule has 1 N–H and O–H groups in total. The summed E-state index contributed by atoms with van der Waals surface area (Å²) in [4.78, 5) is 0. The third kappa shape index (κ3) is 3.62. The van der Waals surface area contributed by atoms with E-state index in [4.69, 9.17) is 16.0 Å². The predicted molar refractivity (Wildman–Crippen MR) is 70.3 cm³/mol. The summed E-state index contributed by atoms with van der Waals surface area (Å²) < 4.78 is 5.28. The van der Waals surface area contributed by atoms with E-state index in [0.717, 1.165) is 23.7 Å². The van der Waals surface area contributed by atoms with E-state index in [0.29, 0.717) is 6.04 Å². The molecule has 1 atom stereocenters. The van der Waals surface area contributed by atoms with Crippen LogP contribution < -0.4 is 5.32 Å². The lowest BCUT2D eigenvalue weighted by atomic mass is 10.1. The second-order valence-electron chi connectivity index (χ2n) is 4.06. The maximum Gasteiger partial charge on any atom is 0.105 e. The van der Waals surface area contributed by atoms with Crippen molar-refractivity contribution in [3.63, 3.8) is 0 Å². The van der Waals surface area contributed by atoms with E-state index >= 15 is 0 Å². The molecule has 0 radical (unpaired) electrons. The number of hydrogen-bond donors (Lipinski definition) is 1. The zero-order valence-corrected chi connectivity index (χ0v) is 10.6. The summed E-state index contributed by atoms with van der Waals surface area (Å²) in [6.07, 6.45) is 2.61. The van der Waals surface area contributed by atoms with Crippen LogP contribution in [0.5, 0.6) is 0 Å². The number of rotatable bonds is 5. The largest absolute Gasteiger partial charge is 0.469 e. The molecule has 0 saturated carbocycles. The lowest BCUT2D eigenvalue weighted by molar-refractivity contribution is 0.486. The molecule has 0 fully saturated rings. The Bertz CT molecular complexity index is 436. The van der Waals surface area contributed by atoms with Crippen LogP contribution in [0.3, 0.4) is 0 Å². The van der Waals surface area contributed by atoms with Gasteiger partial charge in [0.15, 0.2) is 0 Å². The van der Waals surface area contributed by atoms with Crippen LogP contribution in [0.25, 0.3) is 0 Å². The normalized spacial score (nSPS) is 12.6. The van der Waals surface area contributed by atoms with Gasteiger partial charge < -0.3 is 9.73 Å². The highest BCUT2D eigenvalue weighted by atomic mass is 35.5. The molecule has 1 unspecified atom stereocenters. The predicted octanol–water partition coefficient (Wildman–Crippen LogP) is 3.83. The number of benzene rings is 1.